The third kappa shape index (κ3) is 5.63. The van der Waals surface area contributed by atoms with Gasteiger partial charge in [-0.3, -0.25) is 9.59 Å². The Hall–Kier alpha value is -1.63. The van der Waals surface area contributed by atoms with Gasteiger partial charge in [0.25, 0.3) is 5.91 Å². The number of hydrogen-bond donors (Lipinski definition) is 3. The molecule has 1 aromatic rings. The van der Waals surface area contributed by atoms with E-state index >= 15 is 0 Å². The van der Waals surface area contributed by atoms with Gasteiger partial charge in [0.15, 0.2) is 0 Å². The predicted octanol–water partition coefficient (Wildman–Crippen LogP) is 0.463. The van der Waals surface area contributed by atoms with E-state index in [9.17, 15) is 9.59 Å². The minimum Gasteiger partial charge on any atom is -0.378 e. The van der Waals surface area contributed by atoms with Gasteiger partial charge < -0.3 is 20.7 Å². The number of ether oxygens (including phenoxy) is 1. The molecule has 22 heavy (non-hydrogen) atoms. The average molecular weight is 328 g/mol. The predicted molar refractivity (Wildman–Crippen MR) is 86.2 cm³/mol. The number of amides is 2. The number of benzene rings is 1. The van der Waals surface area contributed by atoms with E-state index < -0.39 is 0 Å². The van der Waals surface area contributed by atoms with Crippen molar-refractivity contribution in [3.05, 3.63) is 35.4 Å². The highest BCUT2D eigenvalue weighted by molar-refractivity contribution is 5.93. The van der Waals surface area contributed by atoms with E-state index in [-0.39, 0.29) is 30.3 Å². The van der Waals surface area contributed by atoms with E-state index in [1.807, 2.05) is 12.1 Å². The maximum Gasteiger partial charge on any atom is 0.251 e. The van der Waals surface area contributed by atoms with E-state index in [0.717, 1.165) is 12.1 Å². The summed E-state index contributed by atoms with van der Waals surface area (Å²) in [6, 6.07) is 7.27. The van der Waals surface area contributed by atoms with Crippen LogP contribution in [0.15, 0.2) is 24.3 Å². The Labute approximate surface area is 136 Å². The second-order valence-corrected chi connectivity index (χ2v) is 4.98. The van der Waals surface area contributed by atoms with Crippen molar-refractivity contribution >= 4 is 24.2 Å². The van der Waals surface area contributed by atoms with Gasteiger partial charge in [-0.25, -0.2) is 0 Å². The minimum atomic E-state index is -0.117. The summed E-state index contributed by atoms with van der Waals surface area (Å²) in [6.07, 6.45) is 0.413. The normalized spacial score (nSPS) is 17.2. The van der Waals surface area contributed by atoms with Gasteiger partial charge >= 0.3 is 0 Å². The Balaban J connectivity index is 0.00000242. The van der Waals surface area contributed by atoms with Crippen molar-refractivity contribution < 1.29 is 14.3 Å². The number of hydrogen-bond acceptors (Lipinski definition) is 4. The van der Waals surface area contributed by atoms with E-state index in [4.69, 9.17) is 4.74 Å². The van der Waals surface area contributed by atoms with E-state index in [0.29, 0.717) is 31.7 Å². The number of morpholine rings is 1. The lowest BCUT2D eigenvalue weighted by Gasteiger charge is -2.23. The summed E-state index contributed by atoms with van der Waals surface area (Å²) in [6.45, 7) is 2.53. The van der Waals surface area contributed by atoms with Crippen molar-refractivity contribution in [2.45, 2.75) is 19.0 Å². The first-order valence-electron chi connectivity index (χ1n) is 7.08. The number of carbonyl (C=O) groups is 2. The van der Waals surface area contributed by atoms with Gasteiger partial charge in [0.1, 0.15) is 0 Å². The molecule has 1 saturated heterocycles. The number of halogens is 1. The zero-order valence-corrected chi connectivity index (χ0v) is 13.4. The summed E-state index contributed by atoms with van der Waals surface area (Å²) in [7, 11) is 1.60. The fourth-order valence-electron chi connectivity index (χ4n) is 2.17. The largest absolute Gasteiger partial charge is 0.378 e. The molecule has 1 aliphatic heterocycles. The van der Waals surface area contributed by atoms with Crippen molar-refractivity contribution in [3.63, 3.8) is 0 Å². The SMILES string of the molecule is CNC(=O)c1ccc(CNC(=O)CC2COCCN2)cc1.Cl. The van der Waals surface area contributed by atoms with Crippen LogP contribution in [-0.2, 0) is 16.1 Å². The highest BCUT2D eigenvalue weighted by Gasteiger charge is 2.16. The van der Waals surface area contributed by atoms with Crippen LogP contribution in [0.3, 0.4) is 0 Å². The first-order chi connectivity index (χ1) is 10.2. The Morgan fingerprint density at radius 3 is 2.64 bits per heavy atom. The van der Waals surface area contributed by atoms with Crippen LogP contribution >= 0.6 is 12.4 Å². The van der Waals surface area contributed by atoms with E-state index in [1.165, 1.54) is 0 Å². The van der Waals surface area contributed by atoms with Crippen LogP contribution in [0.4, 0.5) is 0 Å². The molecule has 1 unspecified atom stereocenters. The van der Waals surface area contributed by atoms with Crippen molar-refractivity contribution in [2.75, 3.05) is 26.8 Å². The molecule has 0 aliphatic carbocycles. The van der Waals surface area contributed by atoms with Crippen LogP contribution in [0.25, 0.3) is 0 Å². The molecule has 1 heterocycles. The molecule has 0 saturated carbocycles. The summed E-state index contributed by atoms with van der Waals surface area (Å²) in [5, 5.41) is 8.69. The van der Waals surface area contributed by atoms with Crippen molar-refractivity contribution in [3.8, 4) is 0 Å². The number of carbonyl (C=O) groups excluding carboxylic acids is 2. The first-order valence-corrected chi connectivity index (χ1v) is 7.08. The molecule has 1 atom stereocenters. The lowest BCUT2D eigenvalue weighted by atomic mass is 10.1. The first kappa shape index (κ1) is 18.4. The van der Waals surface area contributed by atoms with Gasteiger partial charge in [-0.05, 0) is 17.7 Å². The molecule has 0 bridgehead atoms. The summed E-state index contributed by atoms with van der Waals surface area (Å²) in [5.74, 6) is -0.123. The molecule has 1 aromatic carbocycles. The van der Waals surface area contributed by atoms with Crippen LogP contribution in [0.1, 0.15) is 22.3 Å². The topological polar surface area (TPSA) is 79.5 Å². The second kappa shape index (κ2) is 9.40. The Kier molecular flexibility index (Phi) is 7.87. The van der Waals surface area contributed by atoms with Gasteiger partial charge in [-0.1, -0.05) is 12.1 Å². The smallest absolute Gasteiger partial charge is 0.251 e. The monoisotopic (exact) mass is 327 g/mol. The third-order valence-electron chi connectivity index (χ3n) is 3.36. The summed E-state index contributed by atoms with van der Waals surface area (Å²) in [5.41, 5.74) is 1.57. The summed E-state index contributed by atoms with van der Waals surface area (Å²) < 4.78 is 5.31. The molecule has 0 aromatic heterocycles. The lowest BCUT2D eigenvalue weighted by molar-refractivity contribution is -0.122. The lowest BCUT2D eigenvalue weighted by Crippen LogP contribution is -2.44. The summed E-state index contributed by atoms with van der Waals surface area (Å²) in [4.78, 5) is 23.2. The highest BCUT2D eigenvalue weighted by atomic mass is 35.5. The zero-order valence-electron chi connectivity index (χ0n) is 12.6. The molecule has 0 radical (unpaired) electrons. The quantitative estimate of drug-likeness (QED) is 0.734. The molecule has 2 rings (SSSR count). The Morgan fingerprint density at radius 1 is 1.32 bits per heavy atom. The molecule has 6 nitrogen and oxygen atoms in total. The van der Waals surface area contributed by atoms with Crippen LogP contribution in [0, 0.1) is 0 Å². The summed E-state index contributed by atoms with van der Waals surface area (Å²) >= 11 is 0. The molecule has 7 heteroatoms. The highest BCUT2D eigenvalue weighted by Crippen LogP contribution is 2.05. The molecule has 0 spiro atoms. The fraction of sp³-hybridized carbons (Fsp3) is 0.467. The molecule has 2 amide bonds. The van der Waals surface area contributed by atoms with Crippen LogP contribution in [-0.4, -0.2) is 44.7 Å². The van der Waals surface area contributed by atoms with Gasteiger partial charge in [-0.2, -0.15) is 0 Å². The zero-order chi connectivity index (χ0) is 15.1. The van der Waals surface area contributed by atoms with Gasteiger partial charge in [0.05, 0.1) is 13.2 Å². The molecular formula is C15H22ClN3O3. The van der Waals surface area contributed by atoms with Gasteiger partial charge in [0, 0.05) is 38.2 Å². The van der Waals surface area contributed by atoms with Crippen LogP contribution in [0.2, 0.25) is 0 Å². The maximum atomic E-state index is 11.8. The van der Waals surface area contributed by atoms with Gasteiger partial charge in [-0.15, -0.1) is 12.4 Å². The number of rotatable bonds is 5. The van der Waals surface area contributed by atoms with Crippen molar-refractivity contribution in [1.29, 1.82) is 0 Å². The van der Waals surface area contributed by atoms with Gasteiger partial charge in [0.2, 0.25) is 5.91 Å². The van der Waals surface area contributed by atoms with Crippen molar-refractivity contribution in [2.24, 2.45) is 0 Å². The van der Waals surface area contributed by atoms with Crippen molar-refractivity contribution in [1.82, 2.24) is 16.0 Å². The fourth-order valence-corrected chi connectivity index (χ4v) is 2.17. The van der Waals surface area contributed by atoms with Crippen LogP contribution in [0.5, 0.6) is 0 Å². The Bertz CT molecular complexity index is 487. The maximum absolute atomic E-state index is 11.8. The number of nitrogens with one attached hydrogen (secondary N) is 3. The molecular weight excluding hydrogens is 306 g/mol. The molecule has 1 aliphatic rings. The minimum absolute atomic E-state index is 0. The van der Waals surface area contributed by atoms with Crippen LogP contribution < -0.4 is 16.0 Å². The standard InChI is InChI=1S/C15H21N3O3.ClH/c1-16-15(20)12-4-2-11(3-5-12)9-18-14(19)8-13-10-21-7-6-17-13;/h2-5,13,17H,6-10H2,1H3,(H,16,20)(H,18,19);1H. The molecule has 122 valence electrons. The second-order valence-electron chi connectivity index (χ2n) is 4.98. The molecule has 3 N–H and O–H groups in total. The van der Waals surface area contributed by atoms with E-state index in [1.54, 1.807) is 19.2 Å². The Morgan fingerprint density at radius 2 is 2.05 bits per heavy atom. The average Bonchev–Trinajstić information content (AvgIpc) is 2.53. The van der Waals surface area contributed by atoms with E-state index in [2.05, 4.69) is 16.0 Å². The third-order valence-corrected chi connectivity index (χ3v) is 3.36. The molecule has 1 fully saturated rings.